The molecule has 0 bridgehead atoms. The van der Waals surface area contributed by atoms with Gasteiger partial charge in [0.15, 0.2) is 0 Å². The molecular weight excluding hydrogens is 349 g/mol. The van der Waals surface area contributed by atoms with Gasteiger partial charge in [0.05, 0.1) is 6.61 Å². The quantitative estimate of drug-likeness (QED) is 0.650. The summed E-state index contributed by atoms with van der Waals surface area (Å²) in [7, 11) is 0. The van der Waals surface area contributed by atoms with E-state index in [-0.39, 0.29) is 0 Å². The average Bonchev–Trinajstić information content (AvgIpc) is 2.43. The van der Waals surface area contributed by atoms with Gasteiger partial charge in [-0.3, -0.25) is 0 Å². The van der Waals surface area contributed by atoms with Crippen LogP contribution >= 0.6 is 0 Å². The molecule has 0 radical (unpaired) electrons. The summed E-state index contributed by atoms with van der Waals surface area (Å²) >= 11 is 0. The molecule has 0 amide bonds. The summed E-state index contributed by atoms with van der Waals surface area (Å²) in [5.74, 6) is -5.29. The lowest BCUT2D eigenvalue weighted by molar-refractivity contribution is -0.208. The van der Waals surface area contributed by atoms with E-state index in [1.165, 1.54) is 6.92 Å². The summed E-state index contributed by atoms with van der Waals surface area (Å²) in [5.41, 5.74) is -5.87. The third-order valence-electron chi connectivity index (χ3n) is 3.15. The minimum Gasteiger partial charge on any atom is -0.464 e. The van der Waals surface area contributed by atoms with Crippen molar-refractivity contribution in [1.29, 1.82) is 0 Å². The number of nitrogens with zero attached hydrogens (tertiary/aromatic N) is 1. The zero-order chi connectivity index (χ0) is 18.3. The molecule has 1 aromatic carbocycles. The van der Waals surface area contributed by atoms with E-state index in [0.717, 1.165) is 0 Å². The Bertz CT molecular complexity index is 697. The van der Waals surface area contributed by atoms with Gasteiger partial charge in [-0.05, 0) is 25.1 Å². The molecule has 0 saturated heterocycles. The van der Waals surface area contributed by atoms with Gasteiger partial charge >= 0.3 is 18.3 Å². The van der Waals surface area contributed by atoms with Crippen molar-refractivity contribution >= 4 is 17.5 Å². The lowest BCUT2D eigenvalue weighted by Gasteiger charge is -2.36. The smallest absolute Gasteiger partial charge is 0.449 e. The molecule has 132 valence electrons. The fourth-order valence-corrected chi connectivity index (χ4v) is 2.17. The van der Waals surface area contributed by atoms with Crippen LogP contribution in [0.3, 0.4) is 0 Å². The largest absolute Gasteiger partial charge is 0.464 e. The van der Waals surface area contributed by atoms with Crippen molar-refractivity contribution in [3.8, 4) is 0 Å². The van der Waals surface area contributed by atoms with Gasteiger partial charge in [0.2, 0.25) is 5.84 Å². The van der Waals surface area contributed by atoms with E-state index in [1.807, 2.05) is 0 Å². The second kappa shape index (κ2) is 5.64. The van der Waals surface area contributed by atoms with Crippen molar-refractivity contribution in [1.82, 2.24) is 0 Å². The lowest BCUT2D eigenvalue weighted by Crippen LogP contribution is -2.53. The summed E-state index contributed by atoms with van der Waals surface area (Å²) in [6.07, 6.45) is -10.9. The predicted octanol–water partition coefficient (Wildman–Crippen LogP) is 3.53. The molecule has 0 fully saturated rings. The van der Waals surface area contributed by atoms with E-state index in [1.54, 1.807) is 5.32 Å². The van der Waals surface area contributed by atoms with Crippen molar-refractivity contribution < 1.29 is 40.3 Å². The number of ether oxygens (including phenoxy) is 1. The number of esters is 1. The van der Waals surface area contributed by atoms with Gasteiger partial charge in [-0.25, -0.2) is 14.2 Å². The molecule has 4 nitrogen and oxygen atoms in total. The molecular formula is C13H9F7N2O2. The highest BCUT2D eigenvalue weighted by Crippen LogP contribution is 2.49. The van der Waals surface area contributed by atoms with Gasteiger partial charge in [-0.15, -0.1) is 0 Å². The number of fused-ring (bicyclic) bond motifs is 1. The standard InChI is InChI=1S/C13H9F7N2O2/c1-2-24-10(23)11(13(18,19)20)7-5-6(14)3-4-8(7)21-9(22-11)12(15,16)17/h3-5H,2H2,1H3,(H,21,22)/t11-/m0/s1. The first-order valence-electron chi connectivity index (χ1n) is 6.41. The Balaban J connectivity index is 2.84. The number of carbonyl (C=O) groups is 1. The van der Waals surface area contributed by atoms with E-state index in [9.17, 15) is 35.5 Å². The van der Waals surface area contributed by atoms with E-state index < -0.39 is 53.4 Å². The van der Waals surface area contributed by atoms with Crippen LogP contribution in [0, 0.1) is 5.82 Å². The third-order valence-corrected chi connectivity index (χ3v) is 3.15. The molecule has 11 heteroatoms. The minimum absolute atomic E-state index is 0.295. The maximum absolute atomic E-state index is 13.6. The molecule has 1 aliphatic heterocycles. The maximum Gasteiger partial charge on any atom is 0.449 e. The van der Waals surface area contributed by atoms with Crippen LogP contribution in [0.2, 0.25) is 0 Å². The number of rotatable bonds is 2. The molecule has 1 heterocycles. The summed E-state index contributed by atoms with van der Waals surface area (Å²) in [4.78, 5) is 14.5. The predicted molar refractivity (Wildman–Crippen MR) is 67.9 cm³/mol. The molecule has 1 atom stereocenters. The Hall–Kier alpha value is -2.33. The number of anilines is 1. The second-order valence-electron chi connectivity index (χ2n) is 4.70. The number of carbonyl (C=O) groups excluding carboxylic acids is 1. The number of nitrogens with one attached hydrogen (secondary N) is 1. The number of aliphatic imine (C=N–C) groups is 1. The number of benzene rings is 1. The molecule has 2 rings (SSSR count). The molecule has 0 unspecified atom stereocenters. The highest BCUT2D eigenvalue weighted by atomic mass is 19.4. The molecule has 0 spiro atoms. The number of halogens is 7. The molecule has 0 aromatic heterocycles. The monoisotopic (exact) mass is 358 g/mol. The van der Waals surface area contributed by atoms with Crippen LogP contribution in [0.1, 0.15) is 12.5 Å². The summed E-state index contributed by atoms with van der Waals surface area (Å²) < 4.78 is 97.2. The highest BCUT2D eigenvalue weighted by molar-refractivity contribution is 6.05. The molecule has 0 saturated carbocycles. The molecule has 0 aliphatic carbocycles. The van der Waals surface area contributed by atoms with Gasteiger partial charge in [0, 0.05) is 11.3 Å². The Kier molecular flexibility index (Phi) is 4.23. The van der Waals surface area contributed by atoms with Gasteiger partial charge < -0.3 is 10.1 Å². The zero-order valence-electron chi connectivity index (χ0n) is 11.8. The highest BCUT2D eigenvalue weighted by Gasteiger charge is 2.67. The molecule has 1 aliphatic rings. The second-order valence-corrected chi connectivity index (χ2v) is 4.70. The normalized spacial score (nSPS) is 20.8. The maximum atomic E-state index is 13.6. The van der Waals surface area contributed by atoms with Gasteiger partial charge in [0.1, 0.15) is 5.82 Å². The van der Waals surface area contributed by atoms with Crippen LogP contribution in [0.25, 0.3) is 0 Å². The van der Waals surface area contributed by atoms with Crippen LogP contribution in [-0.2, 0) is 15.1 Å². The third kappa shape index (κ3) is 2.78. The van der Waals surface area contributed by atoms with Gasteiger partial charge in [-0.2, -0.15) is 26.3 Å². The van der Waals surface area contributed by atoms with E-state index in [2.05, 4.69) is 9.73 Å². The lowest BCUT2D eigenvalue weighted by atomic mass is 9.86. The topological polar surface area (TPSA) is 50.7 Å². The van der Waals surface area contributed by atoms with Crippen LogP contribution in [-0.4, -0.2) is 30.8 Å². The Morgan fingerprint density at radius 3 is 2.38 bits per heavy atom. The first kappa shape index (κ1) is 18.0. The summed E-state index contributed by atoms with van der Waals surface area (Å²) in [5, 5.41) is 1.64. The van der Waals surface area contributed by atoms with E-state index in [0.29, 0.717) is 18.2 Å². The van der Waals surface area contributed by atoms with Crippen LogP contribution in [0.15, 0.2) is 23.2 Å². The fourth-order valence-electron chi connectivity index (χ4n) is 2.17. The zero-order valence-corrected chi connectivity index (χ0v) is 11.8. The van der Waals surface area contributed by atoms with E-state index in [4.69, 9.17) is 0 Å². The van der Waals surface area contributed by atoms with Crippen LogP contribution in [0.5, 0.6) is 0 Å². The van der Waals surface area contributed by atoms with Crippen molar-refractivity contribution in [2.45, 2.75) is 24.8 Å². The number of hydrogen-bond acceptors (Lipinski definition) is 4. The van der Waals surface area contributed by atoms with Gasteiger partial charge in [-0.1, -0.05) is 0 Å². The van der Waals surface area contributed by atoms with Crippen molar-refractivity contribution in [2.75, 3.05) is 11.9 Å². The van der Waals surface area contributed by atoms with Crippen LogP contribution in [0.4, 0.5) is 36.4 Å². The van der Waals surface area contributed by atoms with Crippen molar-refractivity contribution in [3.63, 3.8) is 0 Å². The summed E-state index contributed by atoms with van der Waals surface area (Å²) in [6.45, 7) is 0.634. The Morgan fingerprint density at radius 2 is 1.88 bits per heavy atom. The first-order valence-corrected chi connectivity index (χ1v) is 6.41. The number of amidine groups is 1. The number of hydrogen-bond donors (Lipinski definition) is 1. The number of alkyl halides is 6. The first-order chi connectivity index (χ1) is 10.9. The Labute approximate surface area is 130 Å². The van der Waals surface area contributed by atoms with Gasteiger partial charge in [0.25, 0.3) is 5.54 Å². The average molecular weight is 358 g/mol. The Morgan fingerprint density at radius 1 is 1.25 bits per heavy atom. The SMILES string of the molecule is CCOC(=O)[C@@]1(C(F)(F)F)N=C(C(F)(F)F)Nc2ccc(F)cc21. The fraction of sp³-hybridized carbons (Fsp3) is 0.385. The van der Waals surface area contributed by atoms with E-state index >= 15 is 0 Å². The molecule has 1 N–H and O–H groups in total. The minimum atomic E-state index is -5.60. The van der Waals surface area contributed by atoms with Crippen molar-refractivity contribution in [2.24, 2.45) is 4.99 Å². The van der Waals surface area contributed by atoms with Crippen LogP contribution < -0.4 is 5.32 Å². The molecule has 1 aromatic rings. The molecule has 24 heavy (non-hydrogen) atoms. The summed E-state index contributed by atoms with van der Waals surface area (Å²) in [6, 6.07) is 1.60. The van der Waals surface area contributed by atoms with Crippen molar-refractivity contribution in [3.05, 3.63) is 29.6 Å².